The van der Waals surface area contributed by atoms with Crippen molar-refractivity contribution >= 4 is 34.7 Å². The number of carbonyl (C=O) groups excluding carboxylic acids is 2. The number of aromatic hydroxyl groups is 1. The van der Waals surface area contributed by atoms with Crippen LogP contribution in [-0.2, 0) is 9.59 Å². The average molecular weight is 293 g/mol. The first kappa shape index (κ1) is 14.3. The fourth-order valence-electron chi connectivity index (χ4n) is 2.19. The standard InChI is InChI=1S/C13H15N3O3S/c1-8-4-9(17)2-3-10(8)15-6-12(18)16(5-11(14)20)13(19)7-15/h2-4,17H,5-7H2,1H3,(H2,14,20). The Morgan fingerprint density at radius 3 is 2.45 bits per heavy atom. The number of nitrogens with zero attached hydrogens (tertiary/aromatic N) is 2. The third-order valence-electron chi connectivity index (χ3n) is 3.09. The van der Waals surface area contributed by atoms with E-state index in [1.54, 1.807) is 17.0 Å². The van der Waals surface area contributed by atoms with Gasteiger partial charge in [0.05, 0.1) is 24.6 Å². The smallest absolute Gasteiger partial charge is 0.249 e. The zero-order valence-electron chi connectivity index (χ0n) is 11.0. The van der Waals surface area contributed by atoms with Gasteiger partial charge in [0.1, 0.15) is 5.75 Å². The summed E-state index contributed by atoms with van der Waals surface area (Å²) in [5.74, 6) is -0.515. The molecule has 106 valence electrons. The van der Waals surface area contributed by atoms with Crippen LogP contribution >= 0.6 is 12.2 Å². The normalized spacial score (nSPS) is 15.7. The molecule has 0 radical (unpaired) electrons. The van der Waals surface area contributed by atoms with E-state index >= 15 is 0 Å². The van der Waals surface area contributed by atoms with Crippen molar-refractivity contribution in [1.29, 1.82) is 0 Å². The van der Waals surface area contributed by atoms with Gasteiger partial charge >= 0.3 is 0 Å². The van der Waals surface area contributed by atoms with Gasteiger partial charge in [0.15, 0.2) is 0 Å². The molecular weight excluding hydrogens is 278 g/mol. The topological polar surface area (TPSA) is 86.9 Å². The Morgan fingerprint density at radius 2 is 1.95 bits per heavy atom. The zero-order chi connectivity index (χ0) is 14.9. The lowest BCUT2D eigenvalue weighted by atomic mass is 10.1. The van der Waals surface area contributed by atoms with Gasteiger partial charge in [-0.05, 0) is 30.7 Å². The highest BCUT2D eigenvalue weighted by Crippen LogP contribution is 2.25. The van der Waals surface area contributed by atoms with E-state index in [4.69, 9.17) is 18.0 Å². The number of hydrogen-bond acceptors (Lipinski definition) is 5. The number of hydrogen-bond donors (Lipinski definition) is 2. The number of rotatable bonds is 3. The van der Waals surface area contributed by atoms with E-state index in [0.717, 1.165) is 16.2 Å². The minimum absolute atomic E-state index is 0.0185. The van der Waals surface area contributed by atoms with Crippen molar-refractivity contribution in [3.05, 3.63) is 23.8 Å². The van der Waals surface area contributed by atoms with Crippen LogP contribution in [0.2, 0.25) is 0 Å². The summed E-state index contributed by atoms with van der Waals surface area (Å²) in [7, 11) is 0. The Morgan fingerprint density at radius 1 is 1.35 bits per heavy atom. The summed E-state index contributed by atoms with van der Waals surface area (Å²) >= 11 is 4.73. The molecule has 20 heavy (non-hydrogen) atoms. The molecule has 0 saturated carbocycles. The van der Waals surface area contributed by atoms with E-state index in [9.17, 15) is 14.7 Å². The second-order valence-corrected chi connectivity index (χ2v) is 5.19. The van der Waals surface area contributed by atoms with Gasteiger partial charge < -0.3 is 15.7 Å². The lowest BCUT2D eigenvalue weighted by Crippen LogP contribution is -2.56. The first-order valence-corrected chi connectivity index (χ1v) is 6.45. The molecule has 1 aromatic carbocycles. The lowest BCUT2D eigenvalue weighted by molar-refractivity contribution is -0.144. The number of phenols is 1. The summed E-state index contributed by atoms with van der Waals surface area (Å²) in [4.78, 5) is 26.9. The molecule has 0 aromatic heterocycles. The number of piperazine rings is 1. The van der Waals surface area contributed by atoms with Crippen LogP contribution in [0.3, 0.4) is 0 Å². The monoisotopic (exact) mass is 293 g/mol. The number of anilines is 1. The summed E-state index contributed by atoms with van der Waals surface area (Å²) < 4.78 is 0. The predicted octanol–water partition coefficient (Wildman–Crippen LogP) is 0.162. The van der Waals surface area contributed by atoms with E-state index in [0.29, 0.717) is 0 Å². The van der Waals surface area contributed by atoms with Gasteiger partial charge in [0, 0.05) is 5.69 Å². The maximum atomic E-state index is 12.0. The highest BCUT2D eigenvalue weighted by molar-refractivity contribution is 7.80. The highest BCUT2D eigenvalue weighted by Gasteiger charge is 2.31. The molecule has 7 heteroatoms. The summed E-state index contributed by atoms with van der Waals surface area (Å²) in [6.07, 6.45) is 0. The van der Waals surface area contributed by atoms with Gasteiger partial charge in [0.25, 0.3) is 0 Å². The second kappa shape index (κ2) is 5.46. The largest absolute Gasteiger partial charge is 0.508 e. The van der Waals surface area contributed by atoms with Crippen molar-refractivity contribution in [2.45, 2.75) is 6.92 Å². The summed E-state index contributed by atoms with van der Waals surface area (Å²) in [6, 6.07) is 4.80. The Kier molecular flexibility index (Phi) is 3.89. The summed E-state index contributed by atoms with van der Waals surface area (Å²) in [5, 5.41) is 9.39. The Balaban J connectivity index is 2.20. The predicted molar refractivity (Wildman–Crippen MR) is 78.6 cm³/mol. The van der Waals surface area contributed by atoms with E-state index < -0.39 is 0 Å². The molecule has 1 heterocycles. The van der Waals surface area contributed by atoms with Crippen LogP contribution in [-0.4, -0.2) is 46.4 Å². The molecule has 0 bridgehead atoms. The van der Waals surface area contributed by atoms with Gasteiger partial charge in [-0.3, -0.25) is 14.5 Å². The third kappa shape index (κ3) is 2.88. The van der Waals surface area contributed by atoms with Gasteiger partial charge in [-0.25, -0.2) is 0 Å². The number of aryl methyl sites for hydroxylation is 1. The molecule has 2 amide bonds. The molecule has 0 unspecified atom stereocenters. The molecule has 1 aliphatic heterocycles. The Bertz CT molecular complexity index is 570. The fraction of sp³-hybridized carbons (Fsp3) is 0.308. The second-order valence-electron chi connectivity index (χ2n) is 4.67. The van der Waals surface area contributed by atoms with Gasteiger partial charge in [-0.1, -0.05) is 12.2 Å². The highest BCUT2D eigenvalue weighted by atomic mass is 32.1. The molecule has 1 aliphatic rings. The van der Waals surface area contributed by atoms with Crippen molar-refractivity contribution < 1.29 is 14.7 Å². The molecule has 1 saturated heterocycles. The maximum absolute atomic E-state index is 12.0. The van der Waals surface area contributed by atoms with Crippen LogP contribution in [0.4, 0.5) is 5.69 Å². The van der Waals surface area contributed by atoms with Crippen molar-refractivity contribution in [3.8, 4) is 5.75 Å². The molecule has 0 aliphatic carbocycles. The maximum Gasteiger partial charge on any atom is 0.249 e. The van der Waals surface area contributed by atoms with Gasteiger partial charge in [-0.15, -0.1) is 0 Å². The third-order valence-corrected chi connectivity index (χ3v) is 3.22. The van der Waals surface area contributed by atoms with Crippen LogP contribution in [0.1, 0.15) is 5.56 Å². The molecule has 1 fully saturated rings. The zero-order valence-corrected chi connectivity index (χ0v) is 11.8. The first-order chi connectivity index (χ1) is 9.38. The van der Waals surface area contributed by atoms with Gasteiger partial charge in [0.2, 0.25) is 11.8 Å². The van der Waals surface area contributed by atoms with Crippen molar-refractivity contribution in [2.24, 2.45) is 5.73 Å². The molecule has 0 spiro atoms. The number of benzene rings is 1. The summed E-state index contributed by atoms with van der Waals surface area (Å²) in [5.41, 5.74) is 6.93. The van der Waals surface area contributed by atoms with Crippen molar-refractivity contribution in [3.63, 3.8) is 0 Å². The van der Waals surface area contributed by atoms with Crippen molar-refractivity contribution in [2.75, 3.05) is 24.5 Å². The van der Waals surface area contributed by atoms with Crippen LogP contribution in [0, 0.1) is 6.92 Å². The Labute approximate surface area is 121 Å². The molecule has 2 rings (SSSR count). The van der Waals surface area contributed by atoms with E-state index in [2.05, 4.69) is 0 Å². The quantitative estimate of drug-likeness (QED) is 0.610. The molecule has 3 N–H and O–H groups in total. The molecule has 0 atom stereocenters. The number of imide groups is 1. The number of thiocarbonyl (C=S) groups is 1. The average Bonchev–Trinajstić information content (AvgIpc) is 2.33. The van der Waals surface area contributed by atoms with E-state index in [-0.39, 0.29) is 42.2 Å². The van der Waals surface area contributed by atoms with E-state index in [1.165, 1.54) is 6.07 Å². The van der Waals surface area contributed by atoms with Crippen LogP contribution in [0.25, 0.3) is 0 Å². The van der Waals surface area contributed by atoms with Crippen LogP contribution in [0.5, 0.6) is 5.75 Å². The van der Waals surface area contributed by atoms with E-state index in [1.807, 2.05) is 6.92 Å². The fourth-order valence-corrected chi connectivity index (χ4v) is 2.32. The minimum atomic E-state index is -0.332. The number of amides is 2. The van der Waals surface area contributed by atoms with Crippen molar-refractivity contribution in [1.82, 2.24) is 4.90 Å². The van der Waals surface area contributed by atoms with Gasteiger partial charge in [-0.2, -0.15) is 0 Å². The first-order valence-electron chi connectivity index (χ1n) is 6.04. The van der Waals surface area contributed by atoms with Crippen LogP contribution in [0.15, 0.2) is 18.2 Å². The van der Waals surface area contributed by atoms with Crippen LogP contribution < -0.4 is 10.6 Å². The number of carbonyl (C=O) groups is 2. The molecule has 6 nitrogen and oxygen atoms in total. The SMILES string of the molecule is Cc1cc(O)ccc1N1CC(=O)N(CC(N)=S)C(=O)C1. The molecular formula is C13H15N3O3S. The summed E-state index contributed by atoms with van der Waals surface area (Å²) in [6.45, 7) is 1.96. The molecule has 1 aromatic rings. The lowest BCUT2D eigenvalue weighted by Gasteiger charge is -2.34. The number of nitrogens with two attached hydrogens (primary N) is 1. The Hall–Kier alpha value is -2.15. The number of phenolic OH excluding ortho intramolecular Hbond substituents is 1. The minimum Gasteiger partial charge on any atom is -0.508 e.